The fourth-order valence-corrected chi connectivity index (χ4v) is 2.90. The first-order valence-corrected chi connectivity index (χ1v) is 7.43. The van der Waals surface area contributed by atoms with Gasteiger partial charge in [0.25, 0.3) is 0 Å². The lowest BCUT2D eigenvalue weighted by Crippen LogP contribution is -2.00. The summed E-state index contributed by atoms with van der Waals surface area (Å²) in [5.74, 6) is 2.24. The van der Waals surface area contributed by atoms with E-state index < -0.39 is 0 Å². The molecule has 0 radical (unpaired) electrons. The van der Waals surface area contributed by atoms with Gasteiger partial charge in [-0.15, -0.1) is 11.8 Å². The Balaban J connectivity index is 2.14. The van der Waals surface area contributed by atoms with Crippen LogP contribution in [-0.4, -0.2) is 17.0 Å². The second kappa shape index (κ2) is 6.46. The van der Waals surface area contributed by atoms with Crippen LogP contribution in [0.25, 0.3) is 0 Å². The van der Waals surface area contributed by atoms with Gasteiger partial charge < -0.3 is 5.32 Å². The number of thioether (sulfide) groups is 1. The zero-order chi connectivity index (χ0) is 13.8. The summed E-state index contributed by atoms with van der Waals surface area (Å²) in [6.45, 7) is 1.95. The van der Waals surface area contributed by atoms with E-state index in [-0.39, 0.29) is 0 Å². The van der Waals surface area contributed by atoms with E-state index >= 15 is 0 Å². The van der Waals surface area contributed by atoms with Gasteiger partial charge in [-0.1, -0.05) is 23.2 Å². The molecule has 2 aromatic rings. The first-order valence-electron chi connectivity index (χ1n) is 5.68. The molecule has 0 aliphatic rings. The zero-order valence-corrected chi connectivity index (χ0v) is 12.9. The summed E-state index contributed by atoms with van der Waals surface area (Å²) in [5, 5.41) is 4.38. The van der Waals surface area contributed by atoms with Gasteiger partial charge >= 0.3 is 0 Å². The number of nitrogens with zero attached hydrogens (tertiary/aromatic N) is 2. The average molecular weight is 314 g/mol. The van der Waals surface area contributed by atoms with Crippen molar-refractivity contribution in [3.63, 3.8) is 0 Å². The number of nitrogens with one attached hydrogen (secondary N) is 1. The van der Waals surface area contributed by atoms with E-state index in [1.807, 2.05) is 26.1 Å². The average Bonchev–Trinajstić information content (AvgIpc) is 2.39. The molecule has 19 heavy (non-hydrogen) atoms. The highest BCUT2D eigenvalue weighted by Gasteiger charge is 2.06. The number of aromatic nitrogens is 2. The molecule has 0 bridgehead atoms. The van der Waals surface area contributed by atoms with Crippen molar-refractivity contribution >= 4 is 40.8 Å². The van der Waals surface area contributed by atoms with E-state index in [1.165, 1.54) is 0 Å². The molecule has 0 aliphatic heterocycles. The minimum atomic E-state index is 0.649. The van der Waals surface area contributed by atoms with Crippen LogP contribution in [0.5, 0.6) is 0 Å². The van der Waals surface area contributed by atoms with Crippen molar-refractivity contribution in [1.29, 1.82) is 0 Å². The minimum Gasteiger partial charge on any atom is -0.373 e. The van der Waals surface area contributed by atoms with Crippen molar-refractivity contribution in [3.8, 4) is 0 Å². The Kier molecular flexibility index (Phi) is 4.91. The molecule has 0 fully saturated rings. The third-order valence-electron chi connectivity index (χ3n) is 2.41. The SMILES string of the molecule is CNc1cc(C)nc(CSc2cc(Cl)ccc2Cl)n1. The molecule has 0 amide bonds. The number of aryl methyl sites for hydroxylation is 1. The van der Waals surface area contributed by atoms with Gasteiger partial charge in [0.05, 0.1) is 10.8 Å². The normalized spacial score (nSPS) is 10.5. The molecular weight excluding hydrogens is 301 g/mol. The molecule has 1 heterocycles. The molecule has 6 heteroatoms. The number of benzene rings is 1. The molecule has 1 aromatic heterocycles. The van der Waals surface area contributed by atoms with Gasteiger partial charge in [-0.2, -0.15) is 0 Å². The minimum absolute atomic E-state index is 0.649. The quantitative estimate of drug-likeness (QED) is 0.848. The number of hydrogen-bond donors (Lipinski definition) is 1. The zero-order valence-electron chi connectivity index (χ0n) is 10.6. The molecule has 2 rings (SSSR count). The van der Waals surface area contributed by atoms with Gasteiger partial charge in [-0.3, -0.25) is 0 Å². The van der Waals surface area contributed by atoms with Crippen LogP contribution in [-0.2, 0) is 5.75 Å². The first kappa shape index (κ1) is 14.4. The van der Waals surface area contributed by atoms with Gasteiger partial charge in [-0.25, -0.2) is 9.97 Å². The summed E-state index contributed by atoms with van der Waals surface area (Å²) in [7, 11) is 1.84. The van der Waals surface area contributed by atoms with Crippen molar-refractivity contribution < 1.29 is 0 Å². The molecule has 3 nitrogen and oxygen atoms in total. The molecule has 0 unspecified atom stereocenters. The van der Waals surface area contributed by atoms with E-state index in [1.54, 1.807) is 23.9 Å². The van der Waals surface area contributed by atoms with Crippen molar-refractivity contribution in [2.75, 3.05) is 12.4 Å². The Morgan fingerprint density at radius 1 is 1.21 bits per heavy atom. The molecule has 100 valence electrons. The monoisotopic (exact) mass is 313 g/mol. The summed E-state index contributed by atoms with van der Waals surface area (Å²) >= 11 is 13.7. The number of anilines is 1. The Morgan fingerprint density at radius 3 is 2.74 bits per heavy atom. The smallest absolute Gasteiger partial charge is 0.141 e. The van der Waals surface area contributed by atoms with E-state index in [2.05, 4.69) is 15.3 Å². The predicted octanol–water partition coefficient (Wildman–Crippen LogP) is 4.43. The fourth-order valence-electron chi connectivity index (χ4n) is 1.55. The topological polar surface area (TPSA) is 37.8 Å². The van der Waals surface area contributed by atoms with Crippen LogP contribution in [0, 0.1) is 6.92 Å². The van der Waals surface area contributed by atoms with Crippen LogP contribution < -0.4 is 5.32 Å². The lowest BCUT2D eigenvalue weighted by molar-refractivity contribution is 0.996. The van der Waals surface area contributed by atoms with Crippen molar-refractivity contribution in [2.24, 2.45) is 0 Å². The maximum Gasteiger partial charge on any atom is 0.141 e. The molecule has 0 atom stereocenters. The molecule has 0 spiro atoms. The lowest BCUT2D eigenvalue weighted by Gasteiger charge is -2.06. The highest BCUT2D eigenvalue weighted by molar-refractivity contribution is 7.98. The Labute approximate surface area is 126 Å². The summed E-state index contributed by atoms with van der Waals surface area (Å²) in [6, 6.07) is 7.32. The fraction of sp³-hybridized carbons (Fsp3) is 0.231. The lowest BCUT2D eigenvalue weighted by atomic mass is 10.4. The molecule has 0 saturated heterocycles. The van der Waals surface area contributed by atoms with Crippen LogP contribution in [0.1, 0.15) is 11.5 Å². The first-order chi connectivity index (χ1) is 9.08. The summed E-state index contributed by atoms with van der Waals surface area (Å²) in [4.78, 5) is 9.74. The van der Waals surface area contributed by atoms with Crippen molar-refractivity contribution in [1.82, 2.24) is 9.97 Å². The van der Waals surface area contributed by atoms with Gasteiger partial charge in [-0.05, 0) is 25.1 Å². The van der Waals surface area contributed by atoms with Crippen LogP contribution in [0.4, 0.5) is 5.82 Å². The van der Waals surface area contributed by atoms with E-state index in [0.717, 1.165) is 22.2 Å². The number of rotatable bonds is 4. The predicted molar refractivity (Wildman–Crippen MR) is 82.3 cm³/mol. The van der Waals surface area contributed by atoms with Gasteiger partial charge in [0.15, 0.2) is 0 Å². The summed E-state index contributed by atoms with van der Waals surface area (Å²) < 4.78 is 0. The van der Waals surface area contributed by atoms with E-state index in [4.69, 9.17) is 23.2 Å². The van der Waals surface area contributed by atoms with Gasteiger partial charge in [0.1, 0.15) is 11.6 Å². The second-order valence-corrected chi connectivity index (χ2v) is 5.79. The largest absolute Gasteiger partial charge is 0.373 e. The van der Waals surface area contributed by atoms with E-state index in [0.29, 0.717) is 15.8 Å². The van der Waals surface area contributed by atoms with E-state index in [9.17, 15) is 0 Å². The molecule has 1 aromatic carbocycles. The standard InChI is InChI=1S/C13H13Cl2N3S/c1-8-5-12(16-2)18-13(17-8)7-19-11-6-9(14)3-4-10(11)15/h3-6H,7H2,1-2H3,(H,16,17,18). The van der Waals surface area contributed by atoms with Crippen LogP contribution in [0.2, 0.25) is 10.0 Å². The van der Waals surface area contributed by atoms with Crippen LogP contribution in [0.15, 0.2) is 29.2 Å². The number of halogens is 2. The Bertz CT molecular complexity index is 590. The molecular formula is C13H13Cl2N3S. The van der Waals surface area contributed by atoms with Gasteiger partial charge in [0, 0.05) is 28.7 Å². The second-order valence-electron chi connectivity index (χ2n) is 3.92. The molecule has 0 saturated carbocycles. The van der Waals surface area contributed by atoms with Crippen molar-refractivity contribution in [2.45, 2.75) is 17.6 Å². The summed E-state index contributed by atoms with van der Waals surface area (Å²) in [5.41, 5.74) is 0.937. The van der Waals surface area contributed by atoms with Crippen molar-refractivity contribution in [3.05, 3.63) is 45.8 Å². The van der Waals surface area contributed by atoms with Crippen LogP contribution in [0.3, 0.4) is 0 Å². The molecule has 1 N–H and O–H groups in total. The Hall–Kier alpha value is -0.970. The highest BCUT2D eigenvalue weighted by atomic mass is 35.5. The molecule has 0 aliphatic carbocycles. The Morgan fingerprint density at radius 2 is 2.00 bits per heavy atom. The number of hydrogen-bond acceptors (Lipinski definition) is 4. The maximum atomic E-state index is 6.12. The highest BCUT2D eigenvalue weighted by Crippen LogP contribution is 2.31. The maximum absolute atomic E-state index is 6.12. The third-order valence-corrected chi connectivity index (χ3v) is 4.13. The van der Waals surface area contributed by atoms with Gasteiger partial charge in [0.2, 0.25) is 0 Å². The third kappa shape index (κ3) is 4.00. The summed E-state index contributed by atoms with van der Waals surface area (Å²) in [6.07, 6.45) is 0. The van der Waals surface area contributed by atoms with Crippen LogP contribution >= 0.6 is 35.0 Å².